The molecule has 2 heterocycles. The summed E-state index contributed by atoms with van der Waals surface area (Å²) in [4.78, 5) is 28.4. The summed E-state index contributed by atoms with van der Waals surface area (Å²) in [5.74, 6) is -0.670. The average molecular weight is 512 g/mol. The second-order valence-electron chi connectivity index (χ2n) is 8.59. The number of nitrogens with zero attached hydrogens (tertiary/aromatic N) is 2. The maximum Gasteiger partial charge on any atom is 0.416 e. The van der Waals surface area contributed by atoms with Crippen LogP contribution in [0.5, 0.6) is 0 Å². The third kappa shape index (κ3) is 5.34. The second kappa shape index (κ2) is 9.51. The van der Waals surface area contributed by atoms with Crippen LogP contribution in [0.25, 0.3) is 11.0 Å². The Balaban J connectivity index is 1.70. The van der Waals surface area contributed by atoms with Gasteiger partial charge in [0.05, 0.1) is 17.2 Å². The van der Waals surface area contributed by atoms with E-state index >= 15 is 0 Å². The maximum atomic E-state index is 13.3. The molecule has 192 valence electrons. The molecule has 1 unspecified atom stereocenters. The first-order valence-electron chi connectivity index (χ1n) is 11.2. The smallest absolute Gasteiger partial charge is 0.416 e. The number of fused-ring (bicyclic) bond motifs is 1. The Bertz CT molecular complexity index is 1220. The van der Waals surface area contributed by atoms with E-state index < -0.39 is 41.0 Å². The zero-order valence-corrected chi connectivity index (χ0v) is 19.1. The molecule has 1 aliphatic heterocycles. The average Bonchev–Trinajstić information content (AvgIpc) is 3.24. The highest BCUT2D eigenvalue weighted by atomic mass is 19.4. The SMILES string of the molecule is CCC(=O)N1CCN(C(=O)c2cc(C(F)(F)F)cc(C(F)(F)F)c2)C(Cc2cc3ccccc3o2)C1. The van der Waals surface area contributed by atoms with Gasteiger partial charge in [-0.25, -0.2) is 0 Å². The number of hydrogen-bond donors (Lipinski definition) is 0. The van der Waals surface area contributed by atoms with Gasteiger partial charge < -0.3 is 14.2 Å². The van der Waals surface area contributed by atoms with Crippen LogP contribution in [0, 0.1) is 0 Å². The van der Waals surface area contributed by atoms with Crippen LogP contribution in [-0.4, -0.2) is 47.3 Å². The highest BCUT2D eigenvalue weighted by molar-refractivity contribution is 5.95. The molecule has 1 saturated heterocycles. The molecule has 0 spiro atoms. The van der Waals surface area contributed by atoms with Crippen molar-refractivity contribution < 1.29 is 40.3 Å². The fraction of sp³-hybridized carbons (Fsp3) is 0.360. The number of carbonyl (C=O) groups is 2. The summed E-state index contributed by atoms with van der Waals surface area (Å²) in [6, 6.07) is 9.04. The zero-order chi connectivity index (χ0) is 26.3. The molecule has 0 radical (unpaired) electrons. The minimum Gasteiger partial charge on any atom is -0.461 e. The Morgan fingerprint density at radius 1 is 0.944 bits per heavy atom. The van der Waals surface area contributed by atoms with Crippen molar-refractivity contribution in [1.29, 1.82) is 0 Å². The van der Waals surface area contributed by atoms with E-state index in [2.05, 4.69) is 0 Å². The molecule has 0 N–H and O–H groups in total. The molecule has 2 aromatic carbocycles. The van der Waals surface area contributed by atoms with Gasteiger partial charge in [0.25, 0.3) is 5.91 Å². The number of alkyl halides is 6. The normalized spacial score (nSPS) is 17.0. The topological polar surface area (TPSA) is 53.8 Å². The molecule has 4 rings (SSSR count). The molecule has 1 atom stereocenters. The maximum absolute atomic E-state index is 13.3. The number of hydrogen-bond acceptors (Lipinski definition) is 3. The van der Waals surface area contributed by atoms with Gasteiger partial charge >= 0.3 is 12.4 Å². The van der Waals surface area contributed by atoms with Crippen LogP contribution in [0.3, 0.4) is 0 Å². The summed E-state index contributed by atoms with van der Waals surface area (Å²) < 4.78 is 85.8. The third-order valence-electron chi connectivity index (χ3n) is 6.15. The van der Waals surface area contributed by atoms with Gasteiger partial charge in [0.1, 0.15) is 11.3 Å². The number of furan rings is 1. The fourth-order valence-electron chi connectivity index (χ4n) is 4.36. The van der Waals surface area contributed by atoms with E-state index in [1.54, 1.807) is 25.1 Å². The second-order valence-corrected chi connectivity index (χ2v) is 8.59. The lowest BCUT2D eigenvalue weighted by Crippen LogP contribution is -2.57. The van der Waals surface area contributed by atoms with Gasteiger partial charge in [-0.2, -0.15) is 26.3 Å². The quantitative estimate of drug-likeness (QED) is 0.417. The van der Waals surface area contributed by atoms with Crippen molar-refractivity contribution in [2.45, 2.75) is 38.2 Å². The van der Waals surface area contributed by atoms with Crippen molar-refractivity contribution in [3.63, 3.8) is 0 Å². The Kier molecular flexibility index (Phi) is 6.76. The number of halogens is 6. The van der Waals surface area contributed by atoms with Crippen LogP contribution in [0.2, 0.25) is 0 Å². The molecule has 2 amide bonds. The van der Waals surface area contributed by atoms with E-state index in [4.69, 9.17) is 4.42 Å². The molecule has 5 nitrogen and oxygen atoms in total. The molecule has 1 aliphatic rings. The van der Waals surface area contributed by atoms with E-state index in [9.17, 15) is 35.9 Å². The first-order valence-corrected chi connectivity index (χ1v) is 11.2. The first kappa shape index (κ1) is 25.6. The van der Waals surface area contributed by atoms with E-state index in [1.807, 2.05) is 12.1 Å². The molecule has 36 heavy (non-hydrogen) atoms. The van der Waals surface area contributed by atoms with E-state index in [0.717, 1.165) is 5.39 Å². The number of amides is 2. The van der Waals surface area contributed by atoms with Crippen LogP contribution in [0.15, 0.2) is 52.9 Å². The van der Waals surface area contributed by atoms with Crippen LogP contribution in [0.4, 0.5) is 26.3 Å². The van der Waals surface area contributed by atoms with Crippen LogP contribution in [-0.2, 0) is 23.6 Å². The number of rotatable bonds is 4. The minimum atomic E-state index is -5.07. The van der Waals surface area contributed by atoms with Crippen molar-refractivity contribution in [2.24, 2.45) is 0 Å². The number of carbonyl (C=O) groups excluding carboxylic acids is 2. The van der Waals surface area contributed by atoms with E-state index in [-0.39, 0.29) is 44.4 Å². The van der Waals surface area contributed by atoms with Gasteiger partial charge in [0, 0.05) is 43.4 Å². The predicted octanol–water partition coefficient (Wildman–Crippen LogP) is 5.78. The molecule has 0 aliphatic carbocycles. The predicted molar refractivity (Wildman–Crippen MR) is 118 cm³/mol. The van der Waals surface area contributed by atoms with Gasteiger partial charge in [-0.1, -0.05) is 25.1 Å². The van der Waals surface area contributed by atoms with Gasteiger partial charge in [-0.05, 0) is 30.3 Å². The zero-order valence-electron chi connectivity index (χ0n) is 19.1. The minimum absolute atomic E-state index is 0.0134. The summed E-state index contributed by atoms with van der Waals surface area (Å²) in [7, 11) is 0. The summed E-state index contributed by atoms with van der Waals surface area (Å²) in [6.45, 7) is 1.81. The lowest BCUT2D eigenvalue weighted by atomic mass is 10.0. The Labute approximate surface area is 202 Å². The summed E-state index contributed by atoms with van der Waals surface area (Å²) in [5.41, 5.74) is -3.25. The number of para-hydroxylation sites is 1. The Morgan fingerprint density at radius 3 is 2.17 bits per heavy atom. The Morgan fingerprint density at radius 2 is 1.58 bits per heavy atom. The lowest BCUT2D eigenvalue weighted by Gasteiger charge is -2.41. The van der Waals surface area contributed by atoms with Gasteiger partial charge in [-0.3, -0.25) is 9.59 Å². The summed E-state index contributed by atoms with van der Waals surface area (Å²) in [6.07, 6.45) is -9.81. The van der Waals surface area contributed by atoms with Crippen molar-refractivity contribution in [1.82, 2.24) is 9.80 Å². The molecule has 1 fully saturated rings. The highest BCUT2D eigenvalue weighted by Gasteiger charge is 2.39. The van der Waals surface area contributed by atoms with Crippen molar-refractivity contribution in [3.05, 3.63) is 71.0 Å². The standard InChI is InChI=1S/C25H22F6N2O3/c1-2-22(34)32-7-8-33(19(14-32)13-20-11-15-5-3-4-6-21(15)36-20)23(35)16-9-17(24(26,27)28)12-18(10-16)25(29,30)31/h3-6,9-12,19H,2,7-8,13-14H2,1H3. The fourth-order valence-corrected chi connectivity index (χ4v) is 4.36. The van der Waals surface area contributed by atoms with Crippen LogP contribution in [0.1, 0.15) is 40.6 Å². The lowest BCUT2D eigenvalue weighted by molar-refractivity contribution is -0.143. The van der Waals surface area contributed by atoms with Gasteiger partial charge in [0.15, 0.2) is 0 Å². The third-order valence-corrected chi connectivity index (χ3v) is 6.15. The van der Waals surface area contributed by atoms with Crippen molar-refractivity contribution >= 4 is 22.8 Å². The monoisotopic (exact) mass is 512 g/mol. The van der Waals surface area contributed by atoms with Gasteiger partial charge in [0.2, 0.25) is 5.91 Å². The van der Waals surface area contributed by atoms with Gasteiger partial charge in [-0.15, -0.1) is 0 Å². The van der Waals surface area contributed by atoms with Crippen molar-refractivity contribution in [3.8, 4) is 0 Å². The van der Waals surface area contributed by atoms with Crippen LogP contribution >= 0.6 is 0 Å². The highest BCUT2D eigenvalue weighted by Crippen LogP contribution is 2.37. The Hall–Kier alpha value is -3.50. The summed E-state index contributed by atoms with van der Waals surface area (Å²) >= 11 is 0. The first-order chi connectivity index (χ1) is 16.9. The van der Waals surface area contributed by atoms with E-state index in [0.29, 0.717) is 23.5 Å². The number of piperazine rings is 1. The number of benzene rings is 2. The largest absolute Gasteiger partial charge is 0.461 e. The van der Waals surface area contributed by atoms with E-state index in [1.165, 1.54) is 9.80 Å². The molecular weight excluding hydrogens is 490 g/mol. The molecule has 3 aromatic rings. The summed E-state index contributed by atoms with van der Waals surface area (Å²) in [5, 5.41) is 0.801. The molecular formula is C25H22F6N2O3. The molecule has 0 bridgehead atoms. The molecule has 11 heteroatoms. The molecule has 0 saturated carbocycles. The molecule has 1 aromatic heterocycles. The van der Waals surface area contributed by atoms with Crippen LogP contribution < -0.4 is 0 Å². The van der Waals surface area contributed by atoms with Crippen molar-refractivity contribution in [2.75, 3.05) is 19.6 Å².